The molecule has 6 aromatic heterocycles. The fourth-order valence-electron chi connectivity index (χ4n) is 10.3. The maximum absolute atomic E-state index is 16.4. The Labute approximate surface area is 479 Å². The first-order chi connectivity index (χ1) is 42.6. The monoisotopic (exact) mass is 1280 g/mol. The molecule has 0 saturated carbocycles. The lowest BCUT2D eigenvalue weighted by atomic mass is 10.0. The van der Waals surface area contributed by atoms with Crippen LogP contribution in [-0.4, -0.2) is 29.3 Å². The van der Waals surface area contributed by atoms with E-state index in [0.29, 0.717) is 54.7 Å². The molecule has 12 rings (SSSR count). The standard InChI is InChI=1S/C59H17F25N6/c60-34-29(35(61)45(71)54(80)44(34)70)24-14-10-12-90(13-14)59-15(9-11-85-59)25(30-36(62)46(72)55(81)47(73)37(30)63)17-2-4-19(87-17)27(32-40(66)50(76)57(83)51(77)41(32)67)21-6-8-23(89-21)28(33-42(68)52(78)58(84)53(79)43(33)69)22-7-5-20(88-22)26(18-3-1-16(24)86-18)31-38(64)48(74)56(82)49(75)39(31)65/h1-13,85-87,89H. The normalized spacial score (nSPS) is 12.0. The largest absolute Gasteiger partial charge is 0.354 e. The van der Waals surface area contributed by atoms with Crippen molar-refractivity contribution in [2.24, 2.45) is 0 Å². The molecule has 458 valence electrons. The Kier molecular flexibility index (Phi) is 14.1. The zero-order valence-electron chi connectivity index (χ0n) is 42.8. The van der Waals surface area contributed by atoms with Crippen molar-refractivity contribution in [2.75, 3.05) is 0 Å². The molecule has 0 saturated heterocycles. The Balaban J connectivity index is 1.40. The third-order valence-electron chi connectivity index (χ3n) is 14.4. The van der Waals surface area contributed by atoms with Gasteiger partial charge in [-0.05, 0) is 60.7 Å². The number of hydrogen-bond donors (Lipinski definition) is 4. The van der Waals surface area contributed by atoms with E-state index in [9.17, 15) is 22.0 Å². The molecule has 0 unspecified atom stereocenters. The van der Waals surface area contributed by atoms with Crippen LogP contribution >= 0.6 is 0 Å². The SMILES string of the molecule is Fc1c(F)c(F)c(-c2c3nc(c(-c4c(F)c(F)c(F)c(F)c4F)c4ccc([nH]4)c(-c4c(F)c(F)c(F)c(F)c4F)c4ccc([nH]4)c(-c4c(F)c(F)c(F)c(F)c4F)c4cc[nH]c4n4ccc(c4)c(-c4c(F)c(F)c(F)c(F)c4F)c4ccc2[nH]4)C=C3)c(F)c1F. The Morgan fingerprint density at radius 3 is 0.844 bits per heavy atom. The molecule has 0 fully saturated rings. The number of aromatic amines is 4. The third kappa shape index (κ3) is 8.66. The molecule has 0 atom stereocenters. The summed E-state index contributed by atoms with van der Waals surface area (Å²) in [5.74, 6) is -67.9. The Hall–Kier alpha value is -10.6. The number of halogens is 25. The maximum Gasteiger partial charge on any atom is 0.200 e. The second kappa shape index (κ2) is 21.3. The molecule has 0 radical (unpaired) electrons. The van der Waals surface area contributed by atoms with Crippen molar-refractivity contribution in [2.45, 2.75) is 0 Å². The molecule has 1 aliphatic heterocycles. The van der Waals surface area contributed by atoms with E-state index in [1.165, 1.54) is 0 Å². The van der Waals surface area contributed by atoms with Crippen LogP contribution in [0.4, 0.5) is 110 Å². The summed E-state index contributed by atoms with van der Waals surface area (Å²) in [6, 6.07) is 5.07. The van der Waals surface area contributed by atoms with E-state index in [2.05, 4.69) is 24.9 Å². The van der Waals surface area contributed by atoms with Crippen molar-refractivity contribution >= 4 is 61.7 Å². The third-order valence-corrected chi connectivity index (χ3v) is 14.4. The van der Waals surface area contributed by atoms with Gasteiger partial charge in [0.2, 0.25) is 29.1 Å². The number of fused-ring (bicyclic) bond motifs is 12. The minimum absolute atomic E-state index is 0.487. The number of H-pyrrole nitrogens is 4. The van der Waals surface area contributed by atoms with Gasteiger partial charge in [0.05, 0.1) is 39.2 Å². The van der Waals surface area contributed by atoms with Gasteiger partial charge in [-0.2, -0.15) is 0 Å². The van der Waals surface area contributed by atoms with Gasteiger partial charge in [0.1, 0.15) is 5.65 Å². The number of hydrogen-bond acceptors (Lipinski definition) is 1. The second-order valence-electron chi connectivity index (χ2n) is 19.2. The van der Waals surface area contributed by atoms with Gasteiger partial charge < -0.3 is 24.3 Å². The highest BCUT2D eigenvalue weighted by Crippen LogP contribution is 2.45. The molecule has 4 N–H and O–H groups in total. The van der Waals surface area contributed by atoms with Crippen LogP contribution < -0.4 is 0 Å². The molecule has 6 nitrogen and oxygen atoms in total. The molecule has 10 bridgehead atoms. The molecule has 0 spiro atoms. The van der Waals surface area contributed by atoms with Gasteiger partial charge in [-0.25, -0.2) is 115 Å². The van der Waals surface area contributed by atoms with Crippen LogP contribution in [0.1, 0.15) is 11.4 Å². The van der Waals surface area contributed by atoms with Crippen molar-refractivity contribution in [1.29, 1.82) is 0 Å². The fraction of sp³-hybridized carbons (Fsp3) is 0. The summed E-state index contributed by atoms with van der Waals surface area (Å²) in [6.45, 7) is 0. The second-order valence-corrected chi connectivity index (χ2v) is 19.2. The summed E-state index contributed by atoms with van der Waals surface area (Å²) in [5, 5.41) is -1.55. The summed E-state index contributed by atoms with van der Waals surface area (Å²) < 4.78 is 391. The highest BCUT2D eigenvalue weighted by Gasteiger charge is 2.36. The molecular weight excluding hydrogens is 1270 g/mol. The van der Waals surface area contributed by atoms with Crippen molar-refractivity contribution in [3.63, 3.8) is 0 Å². The average Bonchev–Trinajstić information content (AvgIpc) is 1.51. The van der Waals surface area contributed by atoms with Crippen LogP contribution in [0.3, 0.4) is 0 Å². The van der Waals surface area contributed by atoms with Crippen LogP contribution in [0.15, 0.2) is 67.1 Å². The molecule has 31 heteroatoms. The van der Waals surface area contributed by atoms with E-state index in [1.54, 1.807) is 0 Å². The first-order valence-electron chi connectivity index (χ1n) is 24.6. The summed E-state index contributed by atoms with van der Waals surface area (Å²) in [7, 11) is 0. The quantitative estimate of drug-likeness (QED) is 0.0773. The minimum atomic E-state index is -2.84. The Morgan fingerprint density at radius 2 is 0.511 bits per heavy atom. The average molecular weight is 1280 g/mol. The summed E-state index contributed by atoms with van der Waals surface area (Å²) in [4.78, 5) is 13.3. The van der Waals surface area contributed by atoms with Gasteiger partial charge in [-0.15, -0.1) is 0 Å². The van der Waals surface area contributed by atoms with Crippen molar-refractivity contribution < 1.29 is 110 Å². The van der Waals surface area contributed by atoms with Gasteiger partial charge in [0.15, 0.2) is 116 Å². The van der Waals surface area contributed by atoms with Crippen LogP contribution in [0, 0.1) is 145 Å². The lowest BCUT2D eigenvalue weighted by molar-refractivity contribution is 0.381. The van der Waals surface area contributed by atoms with Crippen molar-refractivity contribution in [3.8, 4) is 55.6 Å². The van der Waals surface area contributed by atoms with E-state index in [4.69, 9.17) is 0 Å². The molecule has 90 heavy (non-hydrogen) atoms. The lowest BCUT2D eigenvalue weighted by Gasteiger charge is -2.11. The summed E-state index contributed by atoms with van der Waals surface area (Å²) in [6.07, 6.45) is 3.38. The smallest absolute Gasteiger partial charge is 0.200 e. The summed E-state index contributed by atoms with van der Waals surface area (Å²) >= 11 is 0. The van der Waals surface area contributed by atoms with E-state index < -0.39 is 262 Å². The zero-order valence-corrected chi connectivity index (χ0v) is 42.8. The Morgan fingerprint density at radius 1 is 0.256 bits per heavy atom. The predicted molar refractivity (Wildman–Crippen MR) is 271 cm³/mol. The van der Waals surface area contributed by atoms with Gasteiger partial charge >= 0.3 is 0 Å². The lowest BCUT2D eigenvalue weighted by Crippen LogP contribution is -2.05. The number of nitrogens with zero attached hydrogens (tertiary/aromatic N) is 2. The molecule has 0 aliphatic carbocycles. The molecule has 7 heterocycles. The van der Waals surface area contributed by atoms with Crippen LogP contribution in [0.5, 0.6) is 0 Å². The van der Waals surface area contributed by atoms with E-state index in [1.807, 2.05) is 0 Å². The molecule has 0 amide bonds. The highest BCUT2D eigenvalue weighted by atomic mass is 19.2. The van der Waals surface area contributed by atoms with E-state index >= 15 is 87.8 Å². The number of benzene rings is 5. The first kappa shape index (κ1) is 59.7. The van der Waals surface area contributed by atoms with Crippen molar-refractivity contribution in [1.82, 2.24) is 29.3 Å². The number of aromatic nitrogens is 6. The van der Waals surface area contributed by atoms with Crippen LogP contribution in [0.2, 0.25) is 0 Å². The van der Waals surface area contributed by atoms with Gasteiger partial charge in [0.25, 0.3) is 0 Å². The van der Waals surface area contributed by atoms with Crippen molar-refractivity contribution in [3.05, 3.63) is 224 Å². The molecular formula is C59H17F25N6. The molecule has 11 aromatic rings. The minimum Gasteiger partial charge on any atom is -0.354 e. The van der Waals surface area contributed by atoms with Gasteiger partial charge in [-0.1, -0.05) is 0 Å². The summed E-state index contributed by atoms with van der Waals surface area (Å²) in [5.41, 5.74) is -25.8. The number of nitrogens with one attached hydrogen (secondary N) is 4. The number of rotatable bonds is 5. The van der Waals surface area contributed by atoms with Gasteiger partial charge in [0, 0.05) is 90.3 Å². The maximum atomic E-state index is 16.4. The van der Waals surface area contributed by atoms with E-state index in [-0.39, 0.29) is 0 Å². The zero-order chi connectivity index (χ0) is 64.9. The van der Waals surface area contributed by atoms with Gasteiger partial charge in [-0.3, -0.25) is 0 Å². The fourth-order valence-corrected chi connectivity index (χ4v) is 10.3. The van der Waals surface area contributed by atoms with E-state index in [0.717, 1.165) is 28.9 Å². The predicted octanol–water partition coefficient (Wildman–Crippen LogP) is 18.9. The molecule has 5 aromatic carbocycles. The Bertz CT molecular complexity index is 5200. The topological polar surface area (TPSA) is 80.5 Å². The first-order valence-corrected chi connectivity index (χ1v) is 24.6. The van der Waals surface area contributed by atoms with Crippen LogP contribution in [-0.2, 0) is 0 Å². The molecule has 1 aliphatic rings. The highest BCUT2D eigenvalue weighted by molar-refractivity contribution is 6.04. The van der Waals surface area contributed by atoms with Crippen LogP contribution in [0.25, 0.3) is 117 Å².